The van der Waals surface area contributed by atoms with Crippen molar-refractivity contribution < 1.29 is 19.5 Å². The zero-order valence-corrected chi connectivity index (χ0v) is 11.9. The van der Waals surface area contributed by atoms with E-state index in [-0.39, 0.29) is 18.9 Å². The van der Waals surface area contributed by atoms with Crippen molar-refractivity contribution in [1.82, 2.24) is 16.0 Å². The lowest BCUT2D eigenvalue weighted by Gasteiger charge is -2.24. The maximum Gasteiger partial charge on any atom is 0.315 e. The largest absolute Gasteiger partial charge is 0.481 e. The van der Waals surface area contributed by atoms with Crippen LogP contribution in [-0.4, -0.2) is 42.6 Å². The molecule has 4 N–H and O–H groups in total. The summed E-state index contributed by atoms with van der Waals surface area (Å²) in [5, 5.41) is 16.3. The second-order valence-electron chi connectivity index (χ2n) is 4.99. The van der Waals surface area contributed by atoms with Crippen molar-refractivity contribution in [2.24, 2.45) is 5.41 Å². The summed E-state index contributed by atoms with van der Waals surface area (Å²) in [6.07, 6.45) is 0.404. The number of carbonyl (C=O) groups excluding carboxylic acids is 2. The van der Waals surface area contributed by atoms with Crippen molar-refractivity contribution in [2.45, 2.75) is 39.7 Å². The van der Waals surface area contributed by atoms with Gasteiger partial charge in [0.25, 0.3) is 0 Å². The number of aliphatic carboxylic acids is 1. The third-order valence-electron chi connectivity index (χ3n) is 2.78. The van der Waals surface area contributed by atoms with Crippen molar-refractivity contribution in [3.8, 4) is 0 Å². The van der Waals surface area contributed by atoms with Crippen LogP contribution in [0.2, 0.25) is 0 Å². The van der Waals surface area contributed by atoms with Gasteiger partial charge >= 0.3 is 12.0 Å². The molecule has 0 spiro atoms. The number of carbonyl (C=O) groups is 3. The second-order valence-corrected chi connectivity index (χ2v) is 4.99. The highest BCUT2D eigenvalue weighted by Gasteiger charge is 2.27. The van der Waals surface area contributed by atoms with E-state index in [1.165, 1.54) is 7.05 Å². The Labute approximate surface area is 113 Å². The van der Waals surface area contributed by atoms with Gasteiger partial charge in [0.1, 0.15) is 0 Å². The lowest BCUT2D eigenvalue weighted by Crippen LogP contribution is -2.48. The summed E-state index contributed by atoms with van der Waals surface area (Å²) in [6.45, 7) is 5.38. The number of hydrogen-bond acceptors (Lipinski definition) is 3. The van der Waals surface area contributed by atoms with E-state index >= 15 is 0 Å². The van der Waals surface area contributed by atoms with E-state index in [0.717, 1.165) is 0 Å². The molecule has 3 amide bonds. The lowest BCUT2D eigenvalue weighted by molar-refractivity contribution is -0.137. The average molecular weight is 273 g/mol. The Kier molecular flexibility index (Phi) is 6.89. The molecular weight excluding hydrogens is 250 g/mol. The molecule has 0 bridgehead atoms. The third kappa shape index (κ3) is 6.64. The molecule has 110 valence electrons. The summed E-state index contributed by atoms with van der Waals surface area (Å²) in [5.41, 5.74) is -0.722. The van der Waals surface area contributed by atoms with Crippen LogP contribution in [0.4, 0.5) is 4.79 Å². The van der Waals surface area contributed by atoms with E-state index in [2.05, 4.69) is 16.0 Å². The first-order valence-electron chi connectivity index (χ1n) is 6.21. The second kappa shape index (κ2) is 7.60. The normalized spacial score (nSPS) is 12.4. The molecule has 19 heavy (non-hydrogen) atoms. The molecule has 0 aromatic carbocycles. The quantitative estimate of drug-likeness (QED) is 0.535. The minimum Gasteiger partial charge on any atom is -0.481 e. The fourth-order valence-electron chi connectivity index (χ4n) is 1.46. The van der Waals surface area contributed by atoms with Gasteiger partial charge in [0.15, 0.2) is 0 Å². The van der Waals surface area contributed by atoms with Crippen LogP contribution in [0.1, 0.15) is 33.6 Å². The Hall–Kier alpha value is -1.79. The molecule has 1 atom stereocenters. The van der Waals surface area contributed by atoms with Gasteiger partial charge in [-0.1, -0.05) is 6.92 Å². The van der Waals surface area contributed by atoms with Gasteiger partial charge in [-0.2, -0.15) is 0 Å². The van der Waals surface area contributed by atoms with Crippen LogP contribution in [0.5, 0.6) is 0 Å². The maximum atomic E-state index is 11.6. The topological polar surface area (TPSA) is 108 Å². The summed E-state index contributed by atoms with van der Waals surface area (Å²) in [4.78, 5) is 33.7. The smallest absolute Gasteiger partial charge is 0.315 e. The number of nitrogens with one attached hydrogen (secondary N) is 3. The summed E-state index contributed by atoms with van der Waals surface area (Å²) >= 11 is 0. The number of rotatable bonds is 7. The number of amides is 3. The van der Waals surface area contributed by atoms with E-state index in [9.17, 15) is 14.4 Å². The van der Waals surface area contributed by atoms with Crippen molar-refractivity contribution in [2.75, 3.05) is 13.6 Å². The molecule has 0 aliphatic rings. The number of carboxylic acids is 1. The maximum absolute atomic E-state index is 11.6. The summed E-state index contributed by atoms with van der Waals surface area (Å²) in [6, 6.07) is -0.884. The van der Waals surface area contributed by atoms with Crippen LogP contribution < -0.4 is 16.0 Å². The Morgan fingerprint density at radius 3 is 2.26 bits per heavy atom. The van der Waals surface area contributed by atoms with Crippen LogP contribution in [0.15, 0.2) is 0 Å². The Balaban J connectivity index is 4.24. The summed E-state index contributed by atoms with van der Waals surface area (Å²) in [7, 11) is 1.53. The van der Waals surface area contributed by atoms with Crippen LogP contribution in [-0.2, 0) is 9.59 Å². The zero-order valence-electron chi connectivity index (χ0n) is 11.9. The van der Waals surface area contributed by atoms with Gasteiger partial charge in [0.05, 0.1) is 11.8 Å². The Morgan fingerprint density at radius 1 is 1.26 bits per heavy atom. The van der Waals surface area contributed by atoms with Crippen molar-refractivity contribution in [1.29, 1.82) is 0 Å². The molecule has 1 unspecified atom stereocenters. The molecule has 0 rings (SSSR count). The lowest BCUT2D eigenvalue weighted by atomic mass is 9.92. The first-order chi connectivity index (χ1) is 8.72. The first kappa shape index (κ1) is 17.2. The highest BCUT2D eigenvalue weighted by molar-refractivity contribution is 5.83. The van der Waals surface area contributed by atoms with Gasteiger partial charge in [-0.05, 0) is 20.3 Å². The van der Waals surface area contributed by atoms with E-state index in [0.29, 0.717) is 6.42 Å². The fourth-order valence-corrected chi connectivity index (χ4v) is 1.46. The number of urea groups is 1. The Morgan fingerprint density at radius 2 is 1.84 bits per heavy atom. The van der Waals surface area contributed by atoms with Gasteiger partial charge in [0.2, 0.25) is 5.91 Å². The van der Waals surface area contributed by atoms with Gasteiger partial charge in [-0.3, -0.25) is 9.59 Å². The minimum atomic E-state index is -0.960. The molecule has 0 aromatic rings. The average Bonchev–Trinajstić information content (AvgIpc) is 2.34. The van der Waals surface area contributed by atoms with Crippen LogP contribution in [0.25, 0.3) is 0 Å². The molecule has 0 saturated heterocycles. The predicted octanol–water partition coefficient (Wildman–Crippen LogP) is 0.311. The van der Waals surface area contributed by atoms with Crippen LogP contribution >= 0.6 is 0 Å². The molecule has 0 fully saturated rings. The third-order valence-corrected chi connectivity index (χ3v) is 2.78. The highest BCUT2D eigenvalue weighted by Crippen LogP contribution is 2.12. The molecular formula is C12H23N3O4. The Bertz CT molecular complexity index is 342. The van der Waals surface area contributed by atoms with E-state index in [1.807, 2.05) is 0 Å². The summed E-state index contributed by atoms with van der Waals surface area (Å²) in [5.74, 6) is -1.14. The number of hydrogen-bond donors (Lipinski definition) is 4. The molecule has 0 saturated carbocycles. The fraction of sp³-hybridized carbons (Fsp3) is 0.750. The standard InChI is InChI=1S/C12H23N3O4/c1-5-8(6-9(16)17)15-11(19)14-7-12(2,3)10(18)13-4/h8H,5-7H2,1-4H3,(H,13,18)(H,16,17)(H2,14,15,19). The zero-order chi connectivity index (χ0) is 15.1. The van der Waals surface area contributed by atoms with Crippen molar-refractivity contribution in [3.05, 3.63) is 0 Å². The van der Waals surface area contributed by atoms with Gasteiger partial charge in [0, 0.05) is 19.6 Å². The minimum absolute atomic E-state index is 0.122. The molecule has 7 heteroatoms. The molecule has 7 nitrogen and oxygen atoms in total. The highest BCUT2D eigenvalue weighted by atomic mass is 16.4. The number of carboxylic acid groups (broad SMARTS) is 1. The SMILES string of the molecule is CCC(CC(=O)O)NC(=O)NCC(C)(C)C(=O)NC. The van der Waals surface area contributed by atoms with Crippen LogP contribution in [0, 0.1) is 5.41 Å². The van der Waals surface area contributed by atoms with E-state index in [4.69, 9.17) is 5.11 Å². The van der Waals surface area contributed by atoms with Crippen molar-refractivity contribution >= 4 is 17.9 Å². The van der Waals surface area contributed by atoms with Gasteiger partial charge < -0.3 is 21.1 Å². The van der Waals surface area contributed by atoms with Gasteiger partial charge in [-0.25, -0.2) is 4.79 Å². The monoisotopic (exact) mass is 273 g/mol. The van der Waals surface area contributed by atoms with E-state index in [1.54, 1.807) is 20.8 Å². The summed E-state index contributed by atoms with van der Waals surface area (Å²) < 4.78 is 0. The van der Waals surface area contributed by atoms with Gasteiger partial charge in [-0.15, -0.1) is 0 Å². The first-order valence-corrected chi connectivity index (χ1v) is 6.21. The molecule has 0 aliphatic carbocycles. The molecule has 0 aromatic heterocycles. The predicted molar refractivity (Wildman–Crippen MR) is 70.7 cm³/mol. The molecule has 0 heterocycles. The van der Waals surface area contributed by atoms with E-state index < -0.39 is 23.5 Å². The van der Waals surface area contributed by atoms with Crippen LogP contribution in [0.3, 0.4) is 0 Å². The van der Waals surface area contributed by atoms with Crippen molar-refractivity contribution in [3.63, 3.8) is 0 Å². The molecule has 0 aliphatic heterocycles. The molecule has 0 radical (unpaired) electrons.